The van der Waals surface area contributed by atoms with Crippen molar-refractivity contribution in [2.75, 3.05) is 0 Å². The fourth-order valence-corrected chi connectivity index (χ4v) is 7.38. The van der Waals surface area contributed by atoms with Crippen LogP contribution < -0.4 is 0 Å². The molecule has 0 unspecified atom stereocenters. The van der Waals surface area contributed by atoms with Crippen LogP contribution in [0.4, 0.5) is 0 Å². The highest BCUT2D eigenvalue weighted by atomic mass is 32.2. The molecule has 1 aliphatic rings. The van der Waals surface area contributed by atoms with Crippen LogP contribution in [0.1, 0.15) is 16.7 Å². The first-order chi connectivity index (χ1) is 11.1. The lowest BCUT2D eigenvalue weighted by Gasteiger charge is -2.21. The van der Waals surface area contributed by atoms with Crippen LogP contribution in [0.15, 0.2) is 85.1 Å². The largest absolute Gasteiger partial charge is 0.180 e. The fourth-order valence-electron chi connectivity index (χ4n) is 3.35. The van der Waals surface area contributed by atoms with Gasteiger partial charge in [0.25, 0.3) is 0 Å². The zero-order valence-electron chi connectivity index (χ0n) is 13.6. The van der Waals surface area contributed by atoms with Gasteiger partial charge in [-0.15, -0.1) is 0 Å². The van der Waals surface area contributed by atoms with E-state index in [1.165, 1.54) is 41.2 Å². The van der Waals surface area contributed by atoms with Crippen LogP contribution >= 0.6 is 11.8 Å². The molecule has 0 amide bonds. The SMILES string of the molecule is Cc1cc(C)c([S+]2c3ccccc3Sc3ccccc32)c(C)c1. The number of hydrogen-bond donors (Lipinski definition) is 0. The third-order valence-electron chi connectivity index (χ3n) is 4.17. The van der Waals surface area contributed by atoms with Crippen molar-refractivity contribution in [3.63, 3.8) is 0 Å². The van der Waals surface area contributed by atoms with Crippen LogP contribution in [0.5, 0.6) is 0 Å². The maximum absolute atomic E-state index is 2.32. The Kier molecular flexibility index (Phi) is 3.74. The Hall–Kier alpha value is -1.64. The maximum atomic E-state index is 2.32. The smallest absolute Gasteiger partial charge is 0.0795 e. The van der Waals surface area contributed by atoms with Crippen LogP contribution in [0.25, 0.3) is 0 Å². The van der Waals surface area contributed by atoms with E-state index in [4.69, 9.17) is 0 Å². The predicted molar refractivity (Wildman–Crippen MR) is 99.8 cm³/mol. The normalized spacial score (nSPS) is 13.5. The molecule has 0 atom stereocenters. The second-order valence-electron chi connectivity index (χ2n) is 6.03. The van der Waals surface area contributed by atoms with Gasteiger partial charge in [-0.2, -0.15) is 0 Å². The molecule has 4 rings (SSSR count). The molecule has 0 bridgehead atoms. The molecule has 0 radical (unpaired) electrons. The van der Waals surface area contributed by atoms with Gasteiger partial charge in [0.05, 0.1) is 9.79 Å². The number of fused-ring (bicyclic) bond motifs is 2. The van der Waals surface area contributed by atoms with Crippen molar-refractivity contribution in [2.45, 2.75) is 45.2 Å². The molecule has 3 aromatic rings. The summed E-state index contributed by atoms with van der Waals surface area (Å²) in [5.74, 6) is 0. The van der Waals surface area contributed by atoms with Crippen LogP contribution in [0.3, 0.4) is 0 Å². The van der Waals surface area contributed by atoms with Crippen LogP contribution in [0.2, 0.25) is 0 Å². The topological polar surface area (TPSA) is 0 Å². The van der Waals surface area contributed by atoms with Crippen LogP contribution in [-0.4, -0.2) is 0 Å². The Morgan fingerprint density at radius 1 is 0.696 bits per heavy atom. The van der Waals surface area contributed by atoms with E-state index in [-0.39, 0.29) is 10.9 Å². The van der Waals surface area contributed by atoms with Gasteiger partial charge in [0.15, 0.2) is 14.7 Å². The van der Waals surface area contributed by atoms with Crippen molar-refractivity contribution in [1.82, 2.24) is 0 Å². The standard InChI is InChI=1S/C21H19S2/c1-14-12-15(2)21(16(3)13-14)23-19-10-6-4-8-17(19)22-18-9-5-7-11-20(18)23/h4-13H,1-3H3/q+1. The fraction of sp³-hybridized carbons (Fsp3) is 0.143. The van der Waals surface area contributed by atoms with Crippen molar-refractivity contribution in [3.8, 4) is 0 Å². The van der Waals surface area contributed by atoms with Gasteiger partial charge in [0, 0.05) is 11.1 Å². The van der Waals surface area contributed by atoms with Gasteiger partial charge in [-0.3, -0.25) is 0 Å². The Bertz CT molecular complexity index is 827. The van der Waals surface area contributed by atoms with E-state index in [1.807, 2.05) is 11.8 Å². The lowest BCUT2D eigenvalue weighted by Crippen LogP contribution is -2.13. The molecule has 1 aliphatic heterocycles. The van der Waals surface area contributed by atoms with Gasteiger partial charge < -0.3 is 0 Å². The Morgan fingerprint density at radius 3 is 1.70 bits per heavy atom. The number of hydrogen-bond acceptors (Lipinski definition) is 1. The van der Waals surface area contributed by atoms with Gasteiger partial charge in [-0.1, -0.05) is 53.7 Å². The molecule has 0 saturated heterocycles. The van der Waals surface area contributed by atoms with E-state index in [0.29, 0.717) is 0 Å². The summed E-state index contributed by atoms with van der Waals surface area (Å²) in [5.41, 5.74) is 4.16. The van der Waals surface area contributed by atoms with Crippen LogP contribution in [0, 0.1) is 20.8 Å². The lowest BCUT2D eigenvalue weighted by atomic mass is 10.1. The summed E-state index contributed by atoms with van der Waals surface area (Å²) in [6, 6.07) is 22.4. The number of aryl methyl sites for hydroxylation is 3. The van der Waals surface area contributed by atoms with Gasteiger partial charge in [0.1, 0.15) is 10.9 Å². The van der Waals surface area contributed by atoms with Gasteiger partial charge in [-0.25, -0.2) is 0 Å². The maximum Gasteiger partial charge on any atom is 0.180 e. The summed E-state index contributed by atoms with van der Waals surface area (Å²) in [6.07, 6.45) is 0. The van der Waals surface area contributed by atoms with Gasteiger partial charge in [-0.05, 0) is 45.0 Å². The summed E-state index contributed by atoms with van der Waals surface area (Å²) < 4.78 is 0. The summed E-state index contributed by atoms with van der Waals surface area (Å²) in [5, 5.41) is 0. The summed E-state index contributed by atoms with van der Waals surface area (Å²) in [7, 11) is -0.0102. The average Bonchev–Trinajstić information content (AvgIpc) is 2.53. The monoisotopic (exact) mass is 335 g/mol. The first kappa shape index (κ1) is 14.9. The minimum Gasteiger partial charge on any atom is -0.0795 e. The molecular weight excluding hydrogens is 316 g/mol. The van der Waals surface area contributed by atoms with Crippen molar-refractivity contribution in [3.05, 3.63) is 77.4 Å². The van der Waals surface area contributed by atoms with E-state index in [2.05, 4.69) is 81.4 Å². The van der Waals surface area contributed by atoms with Crippen molar-refractivity contribution < 1.29 is 0 Å². The zero-order valence-corrected chi connectivity index (χ0v) is 15.2. The molecule has 0 fully saturated rings. The highest BCUT2D eigenvalue weighted by Gasteiger charge is 2.39. The van der Waals surface area contributed by atoms with E-state index >= 15 is 0 Å². The van der Waals surface area contributed by atoms with Crippen LogP contribution in [-0.2, 0) is 10.9 Å². The molecule has 0 N–H and O–H groups in total. The molecule has 2 heteroatoms. The molecule has 114 valence electrons. The average molecular weight is 336 g/mol. The molecule has 0 saturated carbocycles. The number of rotatable bonds is 1. The highest BCUT2D eigenvalue weighted by molar-refractivity contribution is 8.04. The molecule has 1 heterocycles. The third kappa shape index (κ3) is 2.50. The van der Waals surface area contributed by atoms with Gasteiger partial charge in [0.2, 0.25) is 0 Å². The Labute approximate surface area is 145 Å². The van der Waals surface area contributed by atoms with Crippen molar-refractivity contribution >= 4 is 22.7 Å². The third-order valence-corrected chi connectivity index (χ3v) is 8.22. The quantitative estimate of drug-likeness (QED) is 0.375. The molecular formula is C21H19S2+. The second kappa shape index (κ2) is 5.77. The summed E-state index contributed by atoms with van der Waals surface area (Å²) in [4.78, 5) is 7.22. The molecule has 0 aliphatic carbocycles. The predicted octanol–water partition coefficient (Wildman–Crippen LogP) is 6.17. The Balaban J connectivity index is 2.02. The van der Waals surface area contributed by atoms with Crippen molar-refractivity contribution in [2.24, 2.45) is 0 Å². The minimum absolute atomic E-state index is 0.0102. The first-order valence-electron chi connectivity index (χ1n) is 7.83. The number of benzene rings is 3. The molecule has 0 spiro atoms. The van der Waals surface area contributed by atoms with Crippen molar-refractivity contribution in [1.29, 1.82) is 0 Å². The van der Waals surface area contributed by atoms with Gasteiger partial charge >= 0.3 is 0 Å². The van der Waals surface area contributed by atoms with E-state index in [9.17, 15) is 0 Å². The summed E-state index contributed by atoms with van der Waals surface area (Å²) >= 11 is 1.90. The Morgan fingerprint density at radius 2 is 1.17 bits per heavy atom. The molecule has 0 aromatic heterocycles. The minimum atomic E-state index is -0.0102. The molecule has 3 aromatic carbocycles. The highest BCUT2D eigenvalue weighted by Crippen LogP contribution is 2.49. The van der Waals surface area contributed by atoms with E-state index in [1.54, 1.807) is 0 Å². The van der Waals surface area contributed by atoms with E-state index < -0.39 is 0 Å². The van der Waals surface area contributed by atoms with E-state index in [0.717, 1.165) is 0 Å². The lowest BCUT2D eigenvalue weighted by molar-refractivity contribution is 1.09. The second-order valence-corrected chi connectivity index (χ2v) is 9.01. The molecule has 23 heavy (non-hydrogen) atoms. The first-order valence-corrected chi connectivity index (χ1v) is 9.87. The molecule has 0 nitrogen and oxygen atoms in total. The summed E-state index contributed by atoms with van der Waals surface area (Å²) in [6.45, 7) is 6.70. The zero-order chi connectivity index (χ0) is 16.0.